The third-order valence-corrected chi connectivity index (χ3v) is 9.84. The number of amides is 1. The summed E-state index contributed by atoms with van der Waals surface area (Å²) in [7, 11) is -0.364. The normalized spacial score (nSPS) is 28.8. The summed E-state index contributed by atoms with van der Waals surface area (Å²) in [6.07, 6.45) is 3.64. The van der Waals surface area contributed by atoms with Gasteiger partial charge in [0.15, 0.2) is 0 Å². The summed E-state index contributed by atoms with van der Waals surface area (Å²) >= 11 is 0. The predicted octanol–water partition coefficient (Wildman–Crippen LogP) is 5.17. The molecule has 3 unspecified atom stereocenters. The molecule has 6 heteroatoms. The van der Waals surface area contributed by atoms with Gasteiger partial charge < -0.3 is 20.4 Å². The fourth-order valence-electron chi connectivity index (χ4n) is 7.36. The Morgan fingerprint density at radius 1 is 0.974 bits per heavy atom. The maximum absolute atomic E-state index is 13.0. The number of carbonyl (C=O) groups excluding carboxylic acids is 1. The highest BCUT2D eigenvalue weighted by molar-refractivity contribution is 6.47. The Morgan fingerprint density at radius 3 is 2.47 bits per heavy atom. The second-order valence-electron chi connectivity index (χ2n) is 12.5. The van der Waals surface area contributed by atoms with Crippen LogP contribution >= 0.6 is 0 Å². The molecule has 3 saturated carbocycles. The van der Waals surface area contributed by atoms with Crippen LogP contribution in [-0.4, -0.2) is 37.3 Å². The molecule has 6 atom stereocenters. The van der Waals surface area contributed by atoms with Gasteiger partial charge in [-0.2, -0.15) is 0 Å². The molecule has 198 valence electrons. The zero-order valence-corrected chi connectivity index (χ0v) is 22.7. The van der Waals surface area contributed by atoms with E-state index in [-0.39, 0.29) is 36.0 Å². The lowest BCUT2D eigenvalue weighted by molar-refractivity contribution is -0.199. The number of nitrogens with one attached hydrogen (secondary N) is 1. The number of rotatable bonds is 8. The van der Waals surface area contributed by atoms with Gasteiger partial charge in [0.1, 0.15) is 0 Å². The maximum atomic E-state index is 13.0. The first-order valence-electron chi connectivity index (χ1n) is 14.1. The van der Waals surface area contributed by atoms with E-state index in [0.717, 1.165) is 18.4 Å². The Morgan fingerprint density at radius 2 is 1.71 bits per heavy atom. The van der Waals surface area contributed by atoms with Crippen LogP contribution in [0.15, 0.2) is 72.8 Å². The van der Waals surface area contributed by atoms with Crippen molar-refractivity contribution >= 4 is 23.8 Å². The van der Waals surface area contributed by atoms with Crippen LogP contribution in [0.3, 0.4) is 0 Å². The van der Waals surface area contributed by atoms with E-state index >= 15 is 0 Å². The molecule has 1 aliphatic heterocycles. The molecule has 0 radical (unpaired) electrons. The minimum absolute atomic E-state index is 0.0215. The van der Waals surface area contributed by atoms with Crippen molar-refractivity contribution in [2.75, 3.05) is 6.54 Å². The maximum Gasteiger partial charge on any atom is 0.463 e. The average molecular weight is 510 g/mol. The SMILES string of the molecule is CC1(C)C2CC3OB([C@@H](CNC(=O)[C@@H](N)Cc4ccccc4)Cc4ccc5ccccc5c4)O[C@]3(C)C1C2. The Hall–Kier alpha value is -2.67. The quantitative estimate of drug-likeness (QED) is 0.411. The van der Waals surface area contributed by atoms with Gasteiger partial charge >= 0.3 is 7.12 Å². The number of hydrogen-bond acceptors (Lipinski definition) is 4. The second-order valence-corrected chi connectivity index (χ2v) is 12.5. The van der Waals surface area contributed by atoms with E-state index in [2.05, 4.69) is 68.6 Å². The highest BCUT2D eigenvalue weighted by atomic mass is 16.7. The van der Waals surface area contributed by atoms with Gasteiger partial charge in [-0.3, -0.25) is 4.79 Å². The van der Waals surface area contributed by atoms with Crippen LogP contribution in [0.25, 0.3) is 10.8 Å². The Bertz CT molecular complexity index is 1310. The highest BCUT2D eigenvalue weighted by Crippen LogP contribution is 2.66. The number of fused-ring (bicyclic) bond motifs is 1. The molecule has 0 spiro atoms. The molecule has 4 aliphatic rings. The zero-order valence-electron chi connectivity index (χ0n) is 22.7. The van der Waals surface area contributed by atoms with Crippen LogP contribution in [0.4, 0.5) is 0 Å². The van der Waals surface area contributed by atoms with Gasteiger partial charge in [0, 0.05) is 12.4 Å². The van der Waals surface area contributed by atoms with E-state index in [4.69, 9.17) is 15.0 Å². The number of nitrogens with two attached hydrogens (primary N) is 1. The lowest BCUT2D eigenvalue weighted by Crippen LogP contribution is -2.65. The summed E-state index contributed by atoms with van der Waals surface area (Å²) in [4.78, 5) is 13.0. The molecule has 2 bridgehead atoms. The zero-order chi connectivity index (χ0) is 26.5. The molecule has 3 aliphatic carbocycles. The molecule has 3 aromatic carbocycles. The second kappa shape index (κ2) is 9.82. The van der Waals surface area contributed by atoms with E-state index in [1.807, 2.05) is 30.3 Å². The summed E-state index contributed by atoms with van der Waals surface area (Å²) in [5.41, 5.74) is 8.58. The van der Waals surface area contributed by atoms with Crippen LogP contribution in [0.2, 0.25) is 5.82 Å². The third-order valence-electron chi connectivity index (χ3n) is 9.84. The predicted molar refractivity (Wildman–Crippen MR) is 153 cm³/mol. The van der Waals surface area contributed by atoms with E-state index in [1.165, 1.54) is 22.8 Å². The van der Waals surface area contributed by atoms with Crippen molar-refractivity contribution in [3.8, 4) is 0 Å². The van der Waals surface area contributed by atoms with Crippen molar-refractivity contribution in [1.29, 1.82) is 0 Å². The Balaban J connectivity index is 1.19. The molecule has 1 saturated heterocycles. The molecule has 5 nitrogen and oxygen atoms in total. The van der Waals surface area contributed by atoms with Crippen LogP contribution in [0.5, 0.6) is 0 Å². The van der Waals surface area contributed by atoms with Crippen molar-refractivity contribution in [3.05, 3.63) is 83.9 Å². The van der Waals surface area contributed by atoms with E-state index in [9.17, 15) is 4.79 Å². The van der Waals surface area contributed by atoms with Gasteiger partial charge in [0.05, 0.1) is 17.7 Å². The summed E-state index contributed by atoms with van der Waals surface area (Å²) in [5, 5.41) is 5.59. The average Bonchev–Trinajstić information content (AvgIpc) is 3.28. The van der Waals surface area contributed by atoms with Crippen molar-refractivity contribution in [3.63, 3.8) is 0 Å². The summed E-state index contributed by atoms with van der Waals surface area (Å²) in [5.74, 6) is 1.04. The molecule has 7 rings (SSSR count). The largest absolute Gasteiger partial charge is 0.463 e. The molecular formula is C32H39BN2O3. The lowest BCUT2D eigenvalue weighted by Gasteiger charge is -2.64. The first kappa shape index (κ1) is 25.6. The highest BCUT2D eigenvalue weighted by Gasteiger charge is 2.68. The topological polar surface area (TPSA) is 73.6 Å². The van der Waals surface area contributed by atoms with Gasteiger partial charge in [-0.1, -0.05) is 86.6 Å². The number of carbonyl (C=O) groups is 1. The third kappa shape index (κ3) is 4.57. The fraction of sp³-hybridized carbons (Fsp3) is 0.469. The fourth-order valence-corrected chi connectivity index (χ4v) is 7.36. The molecular weight excluding hydrogens is 471 g/mol. The molecule has 0 aromatic heterocycles. The van der Waals surface area contributed by atoms with Gasteiger partial charge in [-0.15, -0.1) is 0 Å². The van der Waals surface area contributed by atoms with Crippen molar-refractivity contribution < 1.29 is 14.1 Å². The lowest BCUT2D eigenvalue weighted by atomic mass is 9.43. The first-order valence-corrected chi connectivity index (χ1v) is 14.1. The summed E-state index contributed by atoms with van der Waals surface area (Å²) < 4.78 is 13.5. The van der Waals surface area contributed by atoms with Gasteiger partial charge in [0.2, 0.25) is 5.91 Å². The molecule has 3 aromatic rings. The summed E-state index contributed by atoms with van der Waals surface area (Å²) in [6, 6.07) is 24.3. The van der Waals surface area contributed by atoms with E-state index in [0.29, 0.717) is 24.8 Å². The van der Waals surface area contributed by atoms with Crippen LogP contribution in [-0.2, 0) is 26.9 Å². The smallest absolute Gasteiger partial charge is 0.405 e. The Labute approximate surface area is 226 Å². The standard InChI is InChI=1S/C32H39BN2O3/c1-31(2)25-18-28(31)32(3)29(19-25)37-33(38-32)26(16-22-13-14-23-11-7-8-12-24(23)15-22)20-35-30(36)27(34)17-21-9-5-4-6-10-21/h4-15,25-29H,16-20,34H2,1-3H3,(H,35,36)/t25?,26-,27+,28?,29?,32-/m1/s1. The molecule has 1 amide bonds. The van der Waals surface area contributed by atoms with E-state index < -0.39 is 6.04 Å². The number of benzene rings is 3. The Kier molecular flexibility index (Phi) is 6.62. The van der Waals surface area contributed by atoms with Gasteiger partial charge in [-0.25, -0.2) is 0 Å². The minimum atomic E-state index is -0.600. The van der Waals surface area contributed by atoms with Gasteiger partial charge in [-0.05, 0) is 71.8 Å². The monoisotopic (exact) mass is 510 g/mol. The minimum Gasteiger partial charge on any atom is -0.405 e. The molecule has 1 heterocycles. The van der Waals surface area contributed by atoms with Crippen LogP contribution in [0.1, 0.15) is 44.7 Å². The van der Waals surface area contributed by atoms with Crippen molar-refractivity contribution in [2.45, 2.75) is 70.0 Å². The van der Waals surface area contributed by atoms with Gasteiger partial charge in [0.25, 0.3) is 0 Å². The van der Waals surface area contributed by atoms with Crippen molar-refractivity contribution in [1.82, 2.24) is 5.32 Å². The summed E-state index contributed by atoms with van der Waals surface area (Å²) in [6.45, 7) is 7.47. The van der Waals surface area contributed by atoms with Crippen LogP contribution < -0.4 is 11.1 Å². The van der Waals surface area contributed by atoms with Crippen LogP contribution in [0, 0.1) is 17.3 Å². The molecule has 3 N–H and O–H groups in total. The first-order chi connectivity index (χ1) is 18.2. The number of hydrogen-bond donors (Lipinski definition) is 2. The van der Waals surface area contributed by atoms with Crippen molar-refractivity contribution in [2.24, 2.45) is 23.0 Å². The molecule has 38 heavy (non-hydrogen) atoms. The van der Waals surface area contributed by atoms with E-state index in [1.54, 1.807) is 0 Å². The molecule has 4 fully saturated rings.